The van der Waals surface area contributed by atoms with Gasteiger partial charge in [-0.25, -0.2) is 0 Å². The third-order valence-corrected chi connectivity index (χ3v) is 15.1. The SMILES string of the molecule is CC(=O)CCSP(=S)(OC(C)C)OC(C)C.COC(C)COCC(C)OC(=O)CCSP(=S)(OC(C)C)OC(C)C. The number of carbonyl (C=O) groups excluding carboxylic acids is 2. The first kappa shape index (κ1) is 44.0. The predicted molar refractivity (Wildman–Crippen MR) is 181 cm³/mol. The van der Waals surface area contributed by atoms with E-state index in [-0.39, 0.29) is 54.8 Å². The third-order valence-electron chi connectivity index (χ3n) is 4.06. The van der Waals surface area contributed by atoms with Crippen molar-refractivity contribution in [2.24, 2.45) is 0 Å². The van der Waals surface area contributed by atoms with Crippen LogP contribution in [0.4, 0.5) is 0 Å². The van der Waals surface area contributed by atoms with Gasteiger partial charge in [-0.2, -0.15) is 0 Å². The van der Waals surface area contributed by atoms with Gasteiger partial charge >= 0.3 is 5.97 Å². The second-order valence-corrected chi connectivity index (χ2v) is 22.9. The fourth-order valence-electron chi connectivity index (χ4n) is 2.53. The number of esters is 1. The van der Waals surface area contributed by atoms with Crippen molar-refractivity contribution in [2.45, 2.75) is 126 Å². The van der Waals surface area contributed by atoms with Gasteiger partial charge in [-0.05, 0) is 99.8 Å². The summed E-state index contributed by atoms with van der Waals surface area (Å²) in [7, 11) is 1.63. The van der Waals surface area contributed by atoms with Gasteiger partial charge in [0.15, 0.2) is 0 Å². The zero-order chi connectivity index (χ0) is 32.2. The van der Waals surface area contributed by atoms with Gasteiger partial charge in [-0.3, -0.25) is 9.59 Å². The van der Waals surface area contributed by atoms with Crippen molar-refractivity contribution in [3.63, 3.8) is 0 Å². The van der Waals surface area contributed by atoms with Crippen LogP contribution in [0.1, 0.15) is 89.0 Å². The van der Waals surface area contributed by atoms with Gasteiger partial charge in [0.05, 0.1) is 50.2 Å². The molecule has 0 aliphatic heterocycles. The van der Waals surface area contributed by atoms with Crippen molar-refractivity contribution in [3.8, 4) is 0 Å². The molecule has 0 N–H and O–H groups in total. The zero-order valence-corrected chi connectivity index (χ0v) is 32.0. The Morgan fingerprint density at radius 2 is 1.02 bits per heavy atom. The Kier molecular flexibility index (Phi) is 26.0. The largest absolute Gasteiger partial charge is 0.460 e. The van der Waals surface area contributed by atoms with Gasteiger partial charge in [0.2, 0.25) is 11.4 Å². The number of hydrogen-bond acceptors (Lipinski definition) is 13. The smallest absolute Gasteiger partial charge is 0.306 e. The van der Waals surface area contributed by atoms with Crippen molar-refractivity contribution in [2.75, 3.05) is 31.8 Å². The van der Waals surface area contributed by atoms with Crippen molar-refractivity contribution < 1.29 is 41.9 Å². The summed E-state index contributed by atoms with van der Waals surface area (Å²) in [5, 5.41) is 0. The van der Waals surface area contributed by atoms with E-state index in [2.05, 4.69) is 0 Å². The maximum absolute atomic E-state index is 11.9. The average Bonchev–Trinajstić information content (AvgIpc) is 2.76. The molecule has 0 aromatic carbocycles. The number of carbonyl (C=O) groups is 2. The van der Waals surface area contributed by atoms with Crippen molar-refractivity contribution in [1.82, 2.24) is 0 Å². The van der Waals surface area contributed by atoms with E-state index in [0.29, 0.717) is 31.1 Å². The summed E-state index contributed by atoms with van der Waals surface area (Å²) in [5.41, 5.74) is -4.74. The fourth-order valence-corrected chi connectivity index (χ4v) is 14.1. The van der Waals surface area contributed by atoms with Crippen LogP contribution in [0.25, 0.3) is 0 Å². The second kappa shape index (κ2) is 24.2. The molecule has 0 rings (SSSR count). The molecule has 0 radical (unpaired) electrons. The van der Waals surface area contributed by atoms with E-state index >= 15 is 0 Å². The second-order valence-electron chi connectivity index (χ2n) is 10.3. The standard InChI is InChI=1S/C16H33O6PS2.C10H21O3PS2/c1-12(2)21-23(24,22-13(3)4)25-9-8-16(17)20-15(6)11-19-10-14(5)18-7;1-8(2)12-14(15,13-9(3)4)16-7-6-10(5)11/h12-15H,8-11H2,1-7H3;8-9H,6-7H2,1-5H3. The maximum atomic E-state index is 11.9. The highest BCUT2D eigenvalue weighted by Gasteiger charge is 2.25. The average molecular weight is 701 g/mol. The maximum Gasteiger partial charge on any atom is 0.306 e. The van der Waals surface area contributed by atoms with E-state index < -0.39 is 11.4 Å². The summed E-state index contributed by atoms with van der Waals surface area (Å²) in [5.74, 6) is 1.07. The molecule has 2 atom stereocenters. The number of hydrogen-bond donors (Lipinski definition) is 0. The molecule has 41 heavy (non-hydrogen) atoms. The van der Waals surface area contributed by atoms with Crippen molar-refractivity contribution in [3.05, 3.63) is 0 Å². The van der Waals surface area contributed by atoms with Crippen LogP contribution in [0.15, 0.2) is 0 Å². The lowest BCUT2D eigenvalue weighted by molar-refractivity contribution is -0.151. The monoisotopic (exact) mass is 700 g/mol. The van der Waals surface area contributed by atoms with E-state index in [1.165, 1.54) is 22.8 Å². The van der Waals surface area contributed by atoms with E-state index in [1.807, 2.05) is 62.3 Å². The molecule has 246 valence electrons. The van der Waals surface area contributed by atoms with Crippen LogP contribution < -0.4 is 0 Å². The van der Waals surface area contributed by atoms with Crippen LogP contribution in [0.5, 0.6) is 0 Å². The Hall–Kier alpha value is 0.900. The molecule has 0 heterocycles. The molecule has 0 aliphatic rings. The van der Waals surface area contributed by atoms with E-state index in [0.717, 1.165) is 0 Å². The quantitative estimate of drug-likeness (QED) is 0.0808. The molecule has 0 fully saturated rings. The highest BCUT2D eigenvalue weighted by atomic mass is 32.9. The summed E-state index contributed by atoms with van der Waals surface area (Å²) in [4.78, 5) is 22.8. The minimum Gasteiger partial charge on any atom is -0.460 e. The fraction of sp³-hybridized carbons (Fsp3) is 0.923. The molecule has 0 aliphatic carbocycles. The lowest BCUT2D eigenvalue weighted by atomic mass is 10.4. The van der Waals surface area contributed by atoms with Crippen LogP contribution >= 0.6 is 34.2 Å². The number of Topliss-reactive ketones (excluding diaryl/α,β-unsaturated/α-hetero) is 1. The lowest BCUT2D eigenvalue weighted by Crippen LogP contribution is -2.23. The molecule has 0 saturated heterocycles. The lowest BCUT2D eigenvalue weighted by Gasteiger charge is -2.25. The first-order valence-corrected chi connectivity index (χ1v) is 22.3. The molecular formula is C26H54O9P2S4. The summed E-state index contributed by atoms with van der Waals surface area (Å²) in [6.07, 6.45) is 0.556. The molecule has 0 bridgehead atoms. The van der Waals surface area contributed by atoms with Gasteiger partial charge in [0.1, 0.15) is 11.9 Å². The van der Waals surface area contributed by atoms with E-state index in [4.69, 9.17) is 55.9 Å². The summed E-state index contributed by atoms with van der Waals surface area (Å²) < 4.78 is 38.8. The molecule has 0 spiro atoms. The highest BCUT2D eigenvalue weighted by molar-refractivity contribution is 8.68. The van der Waals surface area contributed by atoms with Crippen LogP contribution in [-0.2, 0) is 65.5 Å². The van der Waals surface area contributed by atoms with Gasteiger partial charge in [0.25, 0.3) is 0 Å². The molecular weight excluding hydrogens is 646 g/mol. The third kappa shape index (κ3) is 28.1. The zero-order valence-electron chi connectivity index (χ0n) is 26.9. The van der Waals surface area contributed by atoms with Crippen LogP contribution in [0, 0.1) is 0 Å². The van der Waals surface area contributed by atoms with Gasteiger partial charge in [-0.15, -0.1) is 0 Å². The van der Waals surface area contributed by atoms with Gasteiger partial charge < -0.3 is 32.3 Å². The van der Waals surface area contributed by atoms with Crippen molar-refractivity contribution in [1.29, 1.82) is 0 Å². The Morgan fingerprint density at radius 1 is 0.659 bits per heavy atom. The predicted octanol–water partition coefficient (Wildman–Crippen LogP) is 7.94. The number of ether oxygens (including phenoxy) is 3. The first-order valence-electron chi connectivity index (χ1n) is 13.8. The Labute approximate surface area is 267 Å². The molecule has 0 amide bonds. The van der Waals surface area contributed by atoms with Gasteiger partial charge in [-0.1, -0.05) is 22.8 Å². The normalized spacial score (nSPS) is 13.9. The van der Waals surface area contributed by atoms with E-state index in [9.17, 15) is 9.59 Å². The Bertz CT molecular complexity index is 786. The number of rotatable bonds is 22. The van der Waals surface area contributed by atoms with Crippen LogP contribution in [0.3, 0.4) is 0 Å². The van der Waals surface area contributed by atoms with Crippen molar-refractivity contribution >= 4 is 69.5 Å². The summed E-state index contributed by atoms with van der Waals surface area (Å²) >= 11 is 13.8. The minimum absolute atomic E-state index is 0.0179. The number of ketones is 1. The Morgan fingerprint density at radius 3 is 1.37 bits per heavy atom. The minimum atomic E-state index is -2.45. The summed E-state index contributed by atoms with van der Waals surface area (Å²) in [6.45, 7) is 21.6. The number of methoxy groups -OCH3 is 1. The molecule has 15 heteroatoms. The molecule has 0 saturated carbocycles. The van der Waals surface area contributed by atoms with Crippen LogP contribution in [0.2, 0.25) is 0 Å². The highest BCUT2D eigenvalue weighted by Crippen LogP contribution is 2.63. The topological polar surface area (TPSA) is 98.8 Å². The summed E-state index contributed by atoms with van der Waals surface area (Å²) in [6, 6.07) is 0. The Balaban J connectivity index is 0. The molecule has 0 aromatic rings. The molecule has 2 unspecified atom stereocenters. The first-order chi connectivity index (χ1) is 18.8. The van der Waals surface area contributed by atoms with E-state index in [1.54, 1.807) is 21.0 Å². The van der Waals surface area contributed by atoms with Crippen LogP contribution in [-0.4, -0.2) is 80.2 Å². The van der Waals surface area contributed by atoms with Gasteiger partial charge in [0, 0.05) is 25.0 Å². The molecule has 0 aromatic heterocycles. The molecule has 9 nitrogen and oxygen atoms in total.